The Morgan fingerprint density at radius 2 is 1.97 bits per heavy atom. The quantitative estimate of drug-likeness (QED) is 0.377. The molecule has 2 heterocycles. The second kappa shape index (κ2) is 9.74. The molecule has 1 aliphatic rings. The molecule has 1 aliphatic heterocycles. The van der Waals surface area contributed by atoms with E-state index >= 15 is 0 Å². The van der Waals surface area contributed by atoms with Gasteiger partial charge in [0, 0.05) is 47.4 Å². The fourth-order valence-electron chi connectivity index (χ4n) is 4.73. The smallest absolute Gasteiger partial charge is 0.382 e. The standard InChI is InChI=1S/C24H24Cl2F3N3OS/c1-14-5-4-6-17-18(14)9-23(34-3,13-33-2)32(12-15-10-30-31-11-15)22(17)21-19(25)7-16(8-20(21)26)24(27,28)29/h4-8,10-11,22H,9,12-13H2,1-3H3,(H,30,31). The number of aryl methyl sites for hydroxylation is 1. The van der Waals surface area contributed by atoms with E-state index in [4.69, 9.17) is 27.9 Å². The van der Waals surface area contributed by atoms with Gasteiger partial charge in [-0.15, -0.1) is 11.8 Å². The predicted octanol–water partition coefficient (Wildman–Crippen LogP) is 6.90. The third-order valence-electron chi connectivity index (χ3n) is 6.37. The van der Waals surface area contributed by atoms with Crippen molar-refractivity contribution in [3.63, 3.8) is 0 Å². The maximum Gasteiger partial charge on any atom is 0.416 e. The van der Waals surface area contributed by atoms with Gasteiger partial charge in [-0.25, -0.2) is 0 Å². The van der Waals surface area contributed by atoms with Crippen molar-refractivity contribution in [2.75, 3.05) is 20.0 Å². The molecule has 0 spiro atoms. The maximum absolute atomic E-state index is 13.5. The average molecular weight is 530 g/mol. The van der Waals surface area contributed by atoms with E-state index in [1.54, 1.807) is 31.3 Å². The molecule has 1 aromatic heterocycles. The number of aromatic nitrogens is 2. The highest BCUT2D eigenvalue weighted by Gasteiger charge is 2.48. The lowest BCUT2D eigenvalue weighted by molar-refractivity contribution is -0.137. The van der Waals surface area contributed by atoms with Crippen LogP contribution in [-0.4, -0.2) is 39.9 Å². The van der Waals surface area contributed by atoms with Crippen molar-refractivity contribution in [2.24, 2.45) is 0 Å². The largest absolute Gasteiger partial charge is 0.416 e. The molecule has 3 aromatic rings. The normalized spacial score (nSPS) is 21.0. The molecule has 4 nitrogen and oxygen atoms in total. The monoisotopic (exact) mass is 529 g/mol. The predicted molar refractivity (Wildman–Crippen MR) is 130 cm³/mol. The number of H-pyrrole nitrogens is 1. The first-order valence-electron chi connectivity index (χ1n) is 10.5. The fourth-order valence-corrected chi connectivity index (χ4v) is 6.35. The number of rotatable bonds is 6. The number of nitrogens with one attached hydrogen (secondary N) is 1. The zero-order valence-electron chi connectivity index (χ0n) is 18.8. The Morgan fingerprint density at radius 1 is 1.26 bits per heavy atom. The van der Waals surface area contributed by atoms with Gasteiger partial charge in [-0.3, -0.25) is 10.00 Å². The summed E-state index contributed by atoms with van der Waals surface area (Å²) < 4.78 is 46.1. The van der Waals surface area contributed by atoms with Crippen molar-refractivity contribution in [3.8, 4) is 0 Å². The number of methoxy groups -OCH3 is 1. The molecule has 4 rings (SSSR count). The summed E-state index contributed by atoms with van der Waals surface area (Å²) in [4.78, 5) is 1.69. The first kappa shape index (κ1) is 25.4. The number of aromatic amines is 1. The topological polar surface area (TPSA) is 41.1 Å². The molecule has 10 heteroatoms. The van der Waals surface area contributed by atoms with Crippen LogP contribution in [0.1, 0.15) is 39.4 Å². The Kier molecular flexibility index (Phi) is 7.27. The highest BCUT2D eigenvalue weighted by molar-refractivity contribution is 7.99. The summed E-state index contributed by atoms with van der Waals surface area (Å²) in [5.41, 5.74) is 3.68. The highest BCUT2D eigenvalue weighted by Crippen LogP contribution is 2.51. The maximum atomic E-state index is 13.5. The summed E-state index contributed by atoms with van der Waals surface area (Å²) in [6.45, 7) is 2.90. The van der Waals surface area contributed by atoms with Gasteiger partial charge in [-0.2, -0.15) is 18.3 Å². The number of thioether (sulfide) groups is 1. The van der Waals surface area contributed by atoms with Crippen LogP contribution in [0, 0.1) is 6.92 Å². The van der Waals surface area contributed by atoms with Gasteiger partial charge in [0.15, 0.2) is 0 Å². The molecule has 0 saturated heterocycles. The number of halogens is 5. The summed E-state index contributed by atoms with van der Waals surface area (Å²) in [6.07, 6.45) is 1.68. The summed E-state index contributed by atoms with van der Waals surface area (Å²) in [6, 6.07) is 7.40. The molecular formula is C24H24Cl2F3N3OS. The number of hydrogen-bond acceptors (Lipinski definition) is 4. The van der Waals surface area contributed by atoms with Crippen LogP contribution >= 0.6 is 35.0 Å². The Morgan fingerprint density at radius 3 is 2.53 bits per heavy atom. The van der Waals surface area contributed by atoms with Crippen molar-refractivity contribution in [3.05, 3.63) is 86.2 Å². The van der Waals surface area contributed by atoms with E-state index in [0.29, 0.717) is 25.1 Å². The van der Waals surface area contributed by atoms with Crippen molar-refractivity contribution in [2.45, 2.75) is 37.0 Å². The molecule has 2 unspecified atom stereocenters. The Labute approximate surface area is 210 Å². The molecular weight excluding hydrogens is 506 g/mol. The van der Waals surface area contributed by atoms with Crippen molar-refractivity contribution < 1.29 is 17.9 Å². The van der Waals surface area contributed by atoms with Gasteiger partial charge in [0.1, 0.15) is 0 Å². The molecule has 2 atom stereocenters. The number of fused-ring (bicyclic) bond motifs is 1. The SMILES string of the molecule is COCC1(SC)Cc2c(C)cccc2C(c2c(Cl)cc(C(F)(F)F)cc2Cl)N1Cc1cn[nH]c1. The number of ether oxygens (including phenoxy) is 1. The highest BCUT2D eigenvalue weighted by atomic mass is 35.5. The van der Waals surface area contributed by atoms with Gasteiger partial charge in [0.2, 0.25) is 0 Å². The van der Waals surface area contributed by atoms with E-state index in [2.05, 4.69) is 15.1 Å². The summed E-state index contributed by atoms with van der Waals surface area (Å²) in [7, 11) is 1.65. The van der Waals surface area contributed by atoms with Crippen molar-refractivity contribution >= 4 is 35.0 Å². The van der Waals surface area contributed by atoms with Gasteiger partial charge >= 0.3 is 6.18 Å². The lowest BCUT2D eigenvalue weighted by atomic mass is 9.82. The Balaban J connectivity index is 1.99. The van der Waals surface area contributed by atoms with Crippen LogP contribution in [0.25, 0.3) is 0 Å². The molecule has 0 amide bonds. The van der Waals surface area contributed by atoms with E-state index < -0.39 is 22.7 Å². The third-order valence-corrected chi connectivity index (χ3v) is 8.25. The number of hydrogen-bond donors (Lipinski definition) is 1. The molecule has 2 aromatic carbocycles. The van der Waals surface area contributed by atoms with E-state index in [-0.39, 0.29) is 10.0 Å². The Bertz CT molecular complexity index is 1150. The summed E-state index contributed by atoms with van der Waals surface area (Å²) in [5.74, 6) is 0. The van der Waals surface area contributed by atoms with E-state index in [1.165, 1.54) is 0 Å². The van der Waals surface area contributed by atoms with Gasteiger partial charge in [-0.05, 0) is 42.0 Å². The molecule has 1 N–H and O–H groups in total. The number of benzene rings is 2. The zero-order chi connectivity index (χ0) is 24.7. The van der Waals surface area contributed by atoms with Gasteiger partial charge < -0.3 is 4.74 Å². The van der Waals surface area contributed by atoms with Crippen LogP contribution < -0.4 is 0 Å². The van der Waals surface area contributed by atoms with Gasteiger partial charge in [0.05, 0.1) is 29.3 Å². The fraction of sp³-hybridized carbons (Fsp3) is 0.375. The molecule has 0 fully saturated rings. The molecule has 0 radical (unpaired) electrons. The zero-order valence-corrected chi connectivity index (χ0v) is 21.2. The van der Waals surface area contributed by atoms with E-state index in [9.17, 15) is 13.2 Å². The van der Waals surface area contributed by atoms with Crippen molar-refractivity contribution in [1.82, 2.24) is 15.1 Å². The molecule has 34 heavy (non-hydrogen) atoms. The van der Waals surface area contributed by atoms with Crippen LogP contribution in [0.3, 0.4) is 0 Å². The first-order chi connectivity index (χ1) is 16.1. The van der Waals surface area contributed by atoms with Crippen LogP contribution in [0.4, 0.5) is 13.2 Å². The summed E-state index contributed by atoms with van der Waals surface area (Å²) >= 11 is 14.8. The van der Waals surface area contributed by atoms with Crippen LogP contribution in [0.5, 0.6) is 0 Å². The minimum Gasteiger partial charge on any atom is -0.382 e. The lowest BCUT2D eigenvalue weighted by Gasteiger charge is -2.51. The molecule has 0 bridgehead atoms. The van der Waals surface area contributed by atoms with Crippen LogP contribution in [-0.2, 0) is 23.9 Å². The average Bonchev–Trinajstić information content (AvgIpc) is 3.28. The second-order valence-electron chi connectivity index (χ2n) is 8.39. The molecule has 0 saturated carbocycles. The van der Waals surface area contributed by atoms with E-state index in [1.807, 2.05) is 31.4 Å². The van der Waals surface area contributed by atoms with Gasteiger partial charge in [0.25, 0.3) is 0 Å². The van der Waals surface area contributed by atoms with E-state index in [0.717, 1.165) is 34.4 Å². The minimum absolute atomic E-state index is 0.0243. The summed E-state index contributed by atoms with van der Waals surface area (Å²) in [5, 5.41) is 6.86. The minimum atomic E-state index is -4.55. The first-order valence-corrected chi connectivity index (χ1v) is 12.5. The number of alkyl halides is 3. The second-order valence-corrected chi connectivity index (χ2v) is 10.4. The van der Waals surface area contributed by atoms with Crippen LogP contribution in [0.15, 0.2) is 42.7 Å². The third kappa shape index (κ3) is 4.58. The van der Waals surface area contributed by atoms with Crippen molar-refractivity contribution in [1.29, 1.82) is 0 Å². The Hall–Kier alpha value is -1.71. The lowest BCUT2D eigenvalue weighted by Crippen LogP contribution is -2.55. The van der Waals surface area contributed by atoms with Gasteiger partial charge in [-0.1, -0.05) is 41.4 Å². The number of nitrogens with zero attached hydrogens (tertiary/aromatic N) is 2. The molecule has 0 aliphatic carbocycles. The van der Waals surface area contributed by atoms with Crippen LogP contribution in [0.2, 0.25) is 10.0 Å². The molecule has 182 valence electrons.